The quantitative estimate of drug-likeness (QED) is 0.947. The number of hydrogen-bond donors (Lipinski definition) is 1. The standard InChI is InChI=1S/C18H20N2O2/c1-20(2)18(21)14-4-6-16(7-5-14)22-17-8-3-13-9-10-19-12-15(13)11-17/h3-8,11,19H,9-10,12H2,1-2H3. The van der Waals surface area contributed by atoms with Crippen LogP contribution in [0.3, 0.4) is 0 Å². The van der Waals surface area contributed by atoms with Crippen molar-refractivity contribution in [2.24, 2.45) is 0 Å². The smallest absolute Gasteiger partial charge is 0.253 e. The van der Waals surface area contributed by atoms with Crippen LogP contribution in [0.5, 0.6) is 11.5 Å². The summed E-state index contributed by atoms with van der Waals surface area (Å²) in [7, 11) is 3.49. The topological polar surface area (TPSA) is 41.6 Å². The second kappa shape index (κ2) is 6.20. The van der Waals surface area contributed by atoms with Gasteiger partial charge < -0.3 is 15.0 Å². The fourth-order valence-corrected chi connectivity index (χ4v) is 2.58. The first-order valence-corrected chi connectivity index (χ1v) is 7.45. The Morgan fingerprint density at radius 2 is 1.77 bits per heavy atom. The molecule has 0 atom stereocenters. The summed E-state index contributed by atoms with van der Waals surface area (Å²) in [5.74, 6) is 1.56. The Labute approximate surface area is 130 Å². The van der Waals surface area contributed by atoms with E-state index in [0.29, 0.717) is 5.56 Å². The third-order valence-electron chi connectivity index (χ3n) is 3.81. The minimum atomic E-state index is -0.00796. The van der Waals surface area contributed by atoms with Crippen molar-refractivity contribution in [3.8, 4) is 11.5 Å². The van der Waals surface area contributed by atoms with Gasteiger partial charge in [-0.3, -0.25) is 4.79 Å². The van der Waals surface area contributed by atoms with E-state index >= 15 is 0 Å². The van der Waals surface area contributed by atoms with E-state index in [1.54, 1.807) is 31.1 Å². The van der Waals surface area contributed by atoms with E-state index in [2.05, 4.69) is 17.4 Å². The maximum Gasteiger partial charge on any atom is 0.253 e. The number of nitrogens with one attached hydrogen (secondary N) is 1. The molecule has 4 nitrogen and oxygen atoms in total. The number of fused-ring (bicyclic) bond motifs is 1. The van der Waals surface area contributed by atoms with Crippen LogP contribution < -0.4 is 10.1 Å². The predicted octanol–water partition coefficient (Wildman–Crippen LogP) is 2.83. The Morgan fingerprint density at radius 3 is 2.50 bits per heavy atom. The molecule has 22 heavy (non-hydrogen) atoms. The van der Waals surface area contributed by atoms with Crippen molar-refractivity contribution < 1.29 is 9.53 Å². The molecule has 0 aromatic heterocycles. The number of ether oxygens (including phenoxy) is 1. The van der Waals surface area contributed by atoms with Crippen LogP contribution in [0.2, 0.25) is 0 Å². The maximum atomic E-state index is 11.9. The summed E-state index contributed by atoms with van der Waals surface area (Å²) in [4.78, 5) is 13.4. The van der Waals surface area contributed by atoms with Gasteiger partial charge in [0.2, 0.25) is 0 Å². The summed E-state index contributed by atoms with van der Waals surface area (Å²) in [5, 5.41) is 3.36. The monoisotopic (exact) mass is 296 g/mol. The van der Waals surface area contributed by atoms with E-state index in [1.807, 2.05) is 18.2 Å². The average Bonchev–Trinajstić information content (AvgIpc) is 2.55. The summed E-state index contributed by atoms with van der Waals surface area (Å²) in [6.07, 6.45) is 1.07. The van der Waals surface area contributed by atoms with Crippen molar-refractivity contribution in [3.63, 3.8) is 0 Å². The molecule has 1 heterocycles. The van der Waals surface area contributed by atoms with Crippen LogP contribution in [0, 0.1) is 0 Å². The third-order valence-corrected chi connectivity index (χ3v) is 3.81. The lowest BCUT2D eigenvalue weighted by Crippen LogP contribution is -2.23. The van der Waals surface area contributed by atoms with E-state index in [9.17, 15) is 4.79 Å². The number of benzene rings is 2. The van der Waals surface area contributed by atoms with Crippen molar-refractivity contribution in [2.45, 2.75) is 13.0 Å². The number of nitrogens with zero attached hydrogens (tertiary/aromatic N) is 1. The molecule has 1 amide bonds. The van der Waals surface area contributed by atoms with Crippen molar-refractivity contribution in [3.05, 3.63) is 59.2 Å². The van der Waals surface area contributed by atoms with Gasteiger partial charge in [-0.1, -0.05) is 6.07 Å². The summed E-state index contributed by atoms with van der Waals surface area (Å²) in [6.45, 7) is 1.93. The number of rotatable bonds is 3. The number of amides is 1. The van der Waals surface area contributed by atoms with Gasteiger partial charge >= 0.3 is 0 Å². The zero-order valence-electron chi connectivity index (χ0n) is 12.9. The molecule has 114 valence electrons. The molecule has 0 saturated carbocycles. The highest BCUT2D eigenvalue weighted by Gasteiger charge is 2.10. The number of carbonyl (C=O) groups is 1. The van der Waals surface area contributed by atoms with Gasteiger partial charge in [0.25, 0.3) is 5.91 Å². The largest absolute Gasteiger partial charge is 0.457 e. The van der Waals surface area contributed by atoms with Gasteiger partial charge in [-0.05, 0) is 60.5 Å². The van der Waals surface area contributed by atoms with Gasteiger partial charge in [0, 0.05) is 26.2 Å². The van der Waals surface area contributed by atoms with E-state index in [4.69, 9.17) is 4.74 Å². The summed E-state index contributed by atoms with van der Waals surface area (Å²) in [6, 6.07) is 13.5. The molecule has 0 spiro atoms. The minimum absolute atomic E-state index is 0.00796. The third kappa shape index (κ3) is 3.12. The number of carbonyl (C=O) groups excluding carboxylic acids is 1. The van der Waals surface area contributed by atoms with Crippen LogP contribution >= 0.6 is 0 Å². The van der Waals surface area contributed by atoms with Crippen LogP contribution in [-0.4, -0.2) is 31.4 Å². The van der Waals surface area contributed by atoms with Crippen LogP contribution in [-0.2, 0) is 13.0 Å². The fourth-order valence-electron chi connectivity index (χ4n) is 2.58. The zero-order valence-corrected chi connectivity index (χ0v) is 12.9. The van der Waals surface area contributed by atoms with Gasteiger partial charge in [-0.2, -0.15) is 0 Å². The molecular formula is C18H20N2O2. The molecule has 3 rings (SSSR count). The molecule has 0 aliphatic carbocycles. The molecule has 2 aromatic carbocycles. The second-order valence-electron chi connectivity index (χ2n) is 5.68. The van der Waals surface area contributed by atoms with Crippen molar-refractivity contribution >= 4 is 5.91 Å². The van der Waals surface area contributed by atoms with Gasteiger partial charge in [-0.25, -0.2) is 0 Å². The summed E-state index contributed by atoms with van der Waals surface area (Å²) >= 11 is 0. The van der Waals surface area contributed by atoms with Crippen molar-refractivity contribution in [1.29, 1.82) is 0 Å². The molecule has 1 aliphatic rings. The molecule has 2 aromatic rings. The molecule has 0 saturated heterocycles. The average molecular weight is 296 g/mol. The maximum absolute atomic E-state index is 11.9. The Balaban J connectivity index is 1.74. The molecule has 0 unspecified atom stereocenters. The molecule has 4 heteroatoms. The van der Waals surface area contributed by atoms with Gasteiger partial charge in [0.1, 0.15) is 11.5 Å². The summed E-state index contributed by atoms with van der Waals surface area (Å²) < 4.78 is 5.89. The Bertz CT molecular complexity index is 678. The minimum Gasteiger partial charge on any atom is -0.457 e. The van der Waals surface area contributed by atoms with Crippen LogP contribution in [0.1, 0.15) is 21.5 Å². The molecule has 0 radical (unpaired) electrons. The van der Waals surface area contributed by atoms with Crippen LogP contribution in [0.25, 0.3) is 0 Å². The van der Waals surface area contributed by atoms with Crippen molar-refractivity contribution in [1.82, 2.24) is 10.2 Å². The zero-order chi connectivity index (χ0) is 15.5. The first kappa shape index (κ1) is 14.6. The lowest BCUT2D eigenvalue weighted by Gasteiger charge is -2.18. The molecule has 1 aliphatic heterocycles. The Morgan fingerprint density at radius 1 is 1.05 bits per heavy atom. The first-order chi connectivity index (χ1) is 10.6. The highest BCUT2D eigenvalue weighted by atomic mass is 16.5. The fraction of sp³-hybridized carbons (Fsp3) is 0.278. The van der Waals surface area contributed by atoms with E-state index in [-0.39, 0.29) is 5.91 Å². The van der Waals surface area contributed by atoms with E-state index in [1.165, 1.54) is 11.1 Å². The number of hydrogen-bond acceptors (Lipinski definition) is 3. The van der Waals surface area contributed by atoms with Crippen LogP contribution in [0.15, 0.2) is 42.5 Å². The summed E-state index contributed by atoms with van der Waals surface area (Å²) in [5.41, 5.74) is 3.34. The van der Waals surface area contributed by atoms with E-state index < -0.39 is 0 Å². The van der Waals surface area contributed by atoms with Crippen molar-refractivity contribution in [2.75, 3.05) is 20.6 Å². The first-order valence-electron chi connectivity index (χ1n) is 7.45. The molecular weight excluding hydrogens is 276 g/mol. The van der Waals surface area contributed by atoms with Gasteiger partial charge in [0.15, 0.2) is 0 Å². The second-order valence-corrected chi connectivity index (χ2v) is 5.68. The molecule has 0 bridgehead atoms. The normalized spacial score (nSPS) is 13.4. The molecule has 1 N–H and O–H groups in total. The predicted molar refractivity (Wildman–Crippen MR) is 86.4 cm³/mol. The SMILES string of the molecule is CN(C)C(=O)c1ccc(Oc2ccc3c(c2)CNCC3)cc1. The molecule has 0 fully saturated rings. The highest BCUT2D eigenvalue weighted by Crippen LogP contribution is 2.26. The lowest BCUT2D eigenvalue weighted by atomic mass is 10.0. The highest BCUT2D eigenvalue weighted by molar-refractivity contribution is 5.93. The van der Waals surface area contributed by atoms with E-state index in [0.717, 1.165) is 31.0 Å². The van der Waals surface area contributed by atoms with Crippen LogP contribution in [0.4, 0.5) is 0 Å². The Kier molecular flexibility index (Phi) is 4.11. The van der Waals surface area contributed by atoms with Gasteiger partial charge in [-0.15, -0.1) is 0 Å². The Hall–Kier alpha value is -2.33. The van der Waals surface area contributed by atoms with Gasteiger partial charge in [0.05, 0.1) is 0 Å². The lowest BCUT2D eigenvalue weighted by molar-refractivity contribution is 0.0827.